The molecule has 0 aliphatic carbocycles. The van der Waals surface area contributed by atoms with Gasteiger partial charge in [-0.2, -0.15) is 18.3 Å². The Balaban J connectivity index is 1.88. The smallest absolute Gasteiger partial charge is 0.416 e. The third-order valence-electron chi connectivity index (χ3n) is 4.88. The lowest BCUT2D eigenvalue weighted by Gasteiger charge is -2.24. The zero-order valence-corrected chi connectivity index (χ0v) is 19.9. The first-order chi connectivity index (χ1) is 17.4. The van der Waals surface area contributed by atoms with E-state index in [1.807, 2.05) is 0 Å². The maximum Gasteiger partial charge on any atom is 0.416 e. The number of nitro benzene ring substituents is 1. The highest BCUT2D eigenvalue weighted by Crippen LogP contribution is 2.33. The summed E-state index contributed by atoms with van der Waals surface area (Å²) in [5.74, 6) is -0.967. The number of nitrogens with zero attached hydrogens (tertiary/aromatic N) is 3. The molecule has 0 aliphatic heterocycles. The number of amides is 1. The molecule has 37 heavy (non-hydrogen) atoms. The van der Waals surface area contributed by atoms with Crippen molar-refractivity contribution in [2.24, 2.45) is 5.10 Å². The van der Waals surface area contributed by atoms with Gasteiger partial charge in [0.15, 0.2) is 5.75 Å². The Bertz CT molecular complexity index is 1430. The van der Waals surface area contributed by atoms with Gasteiger partial charge in [-0.25, -0.2) is 13.8 Å². The summed E-state index contributed by atoms with van der Waals surface area (Å²) in [5, 5.41) is 14.8. The molecular weight excluding hydrogens is 517 g/mol. The fourth-order valence-electron chi connectivity index (χ4n) is 3.15. The van der Waals surface area contributed by atoms with Gasteiger partial charge in [-0.15, -0.1) is 0 Å². The van der Waals surface area contributed by atoms with E-state index < -0.39 is 39.1 Å². The Morgan fingerprint density at radius 3 is 2.43 bits per heavy atom. The summed E-state index contributed by atoms with van der Waals surface area (Å²) in [4.78, 5) is 22.8. The van der Waals surface area contributed by atoms with E-state index in [1.165, 1.54) is 43.5 Å². The fraction of sp³-hybridized carbons (Fsp3) is 0.130. The van der Waals surface area contributed by atoms with Crippen molar-refractivity contribution in [3.8, 4) is 5.75 Å². The van der Waals surface area contributed by atoms with E-state index >= 15 is 0 Å². The molecule has 3 aromatic carbocycles. The molecule has 0 aromatic heterocycles. The fourth-order valence-corrected chi connectivity index (χ4v) is 4.58. The van der Waals surface area contributed by atoms with Gasteiger partial charge >= 0.3 is 11.9 Å². The van der Waals surface area contributed by atoms with Gasteiger partial charge in [0.05, 0.1) is 34.4 Å². The minimum absolute atomic E-state index is 0.00836. The average molecular weight is 536 g/mol. The zero-order chi connectivity index (χ0) is 27.2. The van der Waals surface area contributed by atoms with Gasteiger partial charge in [0.2, 0.25) is 0 Å². The van der Waals surface area contributed by atoms with E-state index in [1.54, 1.807) is 6.07 Å². The summed E-state index contributed by atoms with van der Waals surface area (Å²) in [7, 11) is -3.19. The second-order valence-electron chi connectivity index (χ2n) is 7.35. The molecule has 10 nitrogen and oxygen atoms in total. The van der Waals surface area contributed by atoms with E-state index in [2.05, 4.69) is 10.5 Å². The average Bonchev–Trinajstić information content (AvgIpc) is 2.87. The summed E-state index contributed by atoms with van der Waals surface area (Å²) in [6.45, 7) is -0.904. The third-order valence-corrected chi connectivity index (χ3v) is 6.67. The van der Waals surface area contributed by atoms with E-state index in [0.29, 0.717) is 10.4 Å². The molecule has 14 heteroatoms. The minimum atomic E-state index is -4.74. The van der Waals surface area contributed by atoms with Gasteiger partial charge in [0.1, 0.15) is 6.54 Å². The van der Waals surface area contributed by atoms with E-state index in [9.17, 15) is 36.5 Å². The number of rotatable bonds is 9. The highest BCUT2D eigenvalue weighted by molar-refractivity contribution is 7.92. The van der Waals surface area contributed by atoms with Crippen LogP contribution in [0.5, 0.6) is 5.75 Å². The van der Waals surface area contributed by atoms with Gasteiger partial charge < -0.3 is 4.74 Å². The summed E-state index contributed by atoms with van der Waals surface area (Å²) >= 11 is 0. The topological polar surface area (TPSA) is 131 Å². The van der Waals surface area contributed by atoms with Crippen molar-refractivity contribution in [2.45, 2.75) is 11.1 Å². The number of hydrogen-bond acceptors (Lipinski definition) is 7. The normalized spacial score (nSPS) is 11.8. The Morgan fingerprint density at radius 2 is 1.81 bits per heavy atom. The van der Waals surface area contributed by atoms with E-state index in [0.717, 1.165) is 30.5 Å². The van der Waals surface area contributed by atoms with E-state index in [4.69, 9.17) is 4.74 Å². The predicted octanol–water partition coefficient (Wildman–Crippen LogP) is 3.97. The monoisotopic (exact) mass is 536 g/mol. The number of benzene rings is 3. The number of nitro groups is 1. The predicted molar refractivity (Wildman–Crippen MR) is 128 cm³/mol. The molecule has 0 spiro atoms. The lowest BCUT2D eigenvalue weighted by Crippen LogP contribution is -2.39. The molecule has 1 N–H and O–H groups in total. The Kier molecular flexibility index (Phi) is 8.12. The molecule has 0 saturated carbocycles. The van der Waals surface area contributed by atoms with Gasteiger partial charge in [-0.05, 0) is 42.5 Å². The van der Waals surface area contributed by atoms with Crippen LogP contribution in [0, 0.1) is 10.1 Å². The van der Waals surface area contributed by atoms with Crippen LogP contribution >= 0.6 is 0 Å². The standard InChI is InChI=1S/C23H19F3N4O6S/c1-36-21-11-10-16(12-20(21)30(32)33)14-27-28-22(31)15-29(37(34,35)19-8-3-2-4-9-19)18-7-5-6-17(13-18)23(24,25)26/h2-14H,15H2,1H3,(H,28,31)/b27-14-. The van der Waals surface area contributed by atoms with Gasteiger partial charge in [-0.1, -0.05) is 24.3 Å². The molecule has 194 valence electrons. The maximum absolute atomic E-state index is 13.3. The SMILES string of the molecule is COc1ccc(/C=N\NC(=O)CN(c2cccc(C(F)(F)F)c2)S(=O)(=O)c2ccccc2)cc1[N+](=O)[O-]. The number of nitrogens with one attached hydrogen (secondary N) is 1. The van der Waals surface area contributed by atoms with Crippen LogP contribution in [0.3, 0.4) is 0 Å². The number of halogens is 3. The minimum Gasteiger partial charge on any atom is -0.490 e. The number of hydrazone groups is 1. The number of carbonyl (C=O) groups excluding carboxylic acids is 1. The van der Waals surface area contributed by atoms with Crippen LogP contribution in [-0.2, 0) is 21.0 Å². The molecular formula is C23H19F3N4O6S. The molecule has 0 unspecified atom stereocenters. The molecule has 0 heterocycles. The lowest BCUT2D eigenvalue weighted by molar-refractivity contribution is -0.385. The second-order valence-corrected chi connectivity index (χ2v) is 9.22. The zero-order valence-electron chi connectivity index (χ0n) is 19.0. The molecule has 0 bridgehead atoms. The van der Waals surface area contributed by atoms with Crippen LogP contribution in [-0.4, -0.2) is 39.1 Å². The first kappa shape index (κ1) is 27.1. The van der Waals surface area contributed by atoms with Gasteiger partial charge in [0, 0.05) is 11.6 Å². The summed E-state index contributed by atoms with van der Waals surface area (Å²) in [6, 6.07) is 14.3. The number of alkyl halides is 3. The second kappa shape index (κ2) is 11.1. The van der Waals surface area contributed by atoms with Crippen LogP contribution in [0.4, 0.5) is 24.5 Å². The highest BCUT2D eigenvalue weighted by atomic mass is 32.2. The summed E-state index contributed by atoms with van der Waals surface area (Å²) in [5.41, 5.74) is 0.470. The third kappa shape index (κ3) is 6.61. The highest BCUT2D eigenvalue weighted by Gasteiger charge is 2.33. The van der Waals surface area contributed by atoms with Crippen molar-refractivity contribution < 1.29 is 36.0 Å². The van der Waals surface area contributed by atoms with Crippen LogP contribution in [0.15, 0.2) is 82.8 Å². The van der Waals surface area contributed by atoms with Crippen LogP contribution in [0.1, 0.15) is 11.1 Å². The van der Waals surface area contributed by atoms with Crippen LogP contribution < -0.4 is 14.5 Å². The lowest BCUT2D eigenvalue weighted by atomic mass is 10.2. The largest absolute Gasteiger partial charge is 0.490 e. The number of methoxy groups -OCH3 is 1. The molecule has 1 amide bonds. The van der Waals surface area contributed by atoms with Crippen molar-refractivity contribution in [2.75, 3.05) is 18.0 Å². The van der Waals surface area contributed by atoms with Crippen LogP contribution in [0.25, 0.3) is 0 Å². The first-order valence-corrected chi connectivity index (χ1v) is 11.8. The van der Waals surface area contributed by atoms with Crippen molar-refractivity contribution in [3.63, 3.8) is 0 Å². The van der Waals surface area contributed by atoms with Crippen molar-refractivity contribution >= 4 is 33.5 Å². The van der Waals surface area contributed by atoms with E-state index in [-0.39, 0.29) is 27.6 Å². The Hall–Kier alpha value is -4.46. The number of hydrogen-bond donors (Lipinski definition) is 1. The molecule has 0 aliphatic rings. The van der Waals surface area contributed by atoms with Crippen molar-refractivity contribution in [3.05, 3.63) is 94.0 Å². The van der Waals surface area contributed by atoms with Crippen molar-refractivity contribution in [1.29, 1.82) is 0 Å². The molecule has 3 aromatic rings. The number of anilines is 1. The Labute approximate surface area is 209 Å². The number of carbonyl (C=O) groups is 1. The quantitative estimate of drug-likeness (QED) is 0.250. The first-order valence-electron chi connectivity index (χ1n) is 10.3. The van der Waals surface area contributed by atoms with Gasteiger partial charge in [0.25, 0.3) is 15.9 Å². The van der Waals surface area contributed by atoms with Crippen molar-refractivity contribution in [1.82, 2.24) is 5.43 Å². The molecule has 0 atom stereocenters. The molecule has 0 fully saturated rings. The molecule has 0 radical (unpaired) electrons. The maximum atomic E-state index is 13.3. The number of sulfonamides is 1. The Morgan fingerprint density at radius 1 is 1.11 bits per heavy atom. The number of ether oxygens (including phenoxy) is 1. The summed E-state index contributed by atoms with van der Waals surface area (Å²) < 4.78 is 71.7. The molecule has 3 rings (SSSR count). The summed E-state index contributed by atoms with van der Waals surface area (Å²) in [6.07, 6.45) is -3.67. The van der Waals surface area contributed by atoms with Crippen LogP contribution in [0.2, 0.25) is 0 Å². The van der Waals surface area contributed by atoms with Gasteiger partial charge in [-0.3, -0.25) is 19.2 Å². The molecule has 0 saturated heterocycles.